The summed E-state index contributed by atoms with van der Waals surface area (Å²) in [5, 5.41) is 3.21. The van der Waals surface area contributed by atoms with Gasteiger partial charge in [0.2, 0.25) is 5.91 Å². The molecule has 1 amide bonds. The first kappa shape index (κ1) is 24.7. The van der Waals surface area contributed by atoms with Crippen LogP contribution in [0.2, 0.25) is 0 Å². The molecule has 0 bridgehead atoms. The van der Waals surface area contributed by atoms with Gasteiger partial charge in [0.25, 0.3) is 0 Å². The van der Waals surface area contributed by atoms with E-state index >= 15 is 0 Å². The van der Waals surface area contributed by atoms with Gasteiger partial charge in [0.15, 0.2) is 0 Å². The van der Waals surface area contributed by atoms with Crippen LogP contribution in [0.25, 0.3) is 0 Å². The molecule has 1 unspecified atom stereocenters. The maximum Gasteiger partial charge on any atom is 0.224 e. The van der Waals surface area contributed by atoms with Crippen LogP contribution < -0.4 is 10.1 Å². The zero-order chi connectivity index (χ0) is 23.8. The number of hydrogen-bond donors (Lipinski definition) is 1. The van der Waals surface area contributed by atoms with Crippen molar-refractivity contribution in [3.05, 3.63) is 66.0 Å². The molecule has 34 heavy (non-hydrogen) atoms. The van der Waals surface area contributed by atoms with Crippen molar-refractivity contribution in [3.8, 4) is 5.75 Å². The third-order valence-electron chi connectivity index (χ3n) is 7.27. The Labute approximate surface area is 203 Å². The number of nitrogens with one attached hydrogen (secondary N) is 1. The van der Waals surface area contributed by atoms with Gasteiger partial charge < -0.3 is 19.9 Å². The molecule has 0 aliphatic carbocycles. The number of hydrogen-bond acceptors (Lipinski definition) is 4. The van der Waals surface area contributed by atoms with Crippen LogP contribution in [-0.2, 0) is 11.2 Å². The predicted octanol–water partition coefficient (Wildman–Crippen LogP) is 3.99. The Bertz CT molecular complexity index is 910. The lowest BCUT2D eigenvalue weighted by Gasteiger charge is -2.37. The molecule has 0 radical (unpaired) electrons. The van der Waals surface area contributed by atoms with E-state index in [-0.39, 0.29) is 23.6 Å². The van der Waals surface area contributed by atoms with Gasteiger partial charge in [-0.05, 0) is 63.4 Å². The lowest BCUT2D eigenvalue weighted by molar-refractivity contribution is -0.127. The molecule has 0 spiro atoms. The Balaban J connectivity index is 1.32. The summed E-state index contributed by atoms with van der Waals surface area (Å²) < 4.78 is 19.5. The van der Waals surface area contributed by atoms with Gasteiger partial charge in [-0.15, -0.1) is 0 Å². The number of carbonyl (C=O) groups is 1. The smallest absolute Gasteiger partial charge is 0.224 e. The highest BCUT2D eigenvalue weighted by Crippen LogP contribution is 2.25. The van der Waals surface area contributed by atoms with Gasteiger partial charge in [-0.1, -0.05) is 36.4 Å². The minimum Gasteiger partial charge on any atom is -0.493 e. The molecular weight excluding hydrogens is 429 g/mol. The Hall–Kier alpha value is -2.44. The van der Waals surface area contributed by atoms with Gasteiger partial charge in [-0.3, -0.25) is 4.79 Å². The molecule has 2 saturated heterocycles. The first-order chi connectivity index (χ1) is 16.6. The lowest BCUT2D eigenvalue weighted by atomic mass is 9.88. The molecule has 4 rings (SSSR count). The third-order valence-corrected chi connectivity index (χ3v) is 7.27. The highest BCUT2D eigenvalue weighted by atomic mass is 19.1. The number of rotatable bonds is 10. The molecule has 2 aliphatic heterocycles. The number of halogens is 1. The minimum atomic E-state index is -0.296. The van der Waals surface area contributed by atoms with Crippen LogP contribution in [-0.4, -0.2) is 68.1 Å². The number of benzene rings is 2. The second kappa shape index (κ2) is 12.3. The predicted molar refractivity (Wildman–Crippen MR) is 133 cm³/mol. The van der Waals surface area contributed by atoms with E-state index in [1.54, 1.807) is 12.1 Å². The maximum atomic E-state index is 13.5. The summed E-state index contributed by atoms with van der Waals surface area (Å²) in [4.78, 5) is 17.9. The Morgan fingerprint density at radius 1 is 1.15 bits per heavy atom. The summed E-state index contributed by atoms with van der Waals surface area (Å²) in [5.74, 6) is 0.580. The van der Waals surface area contributed by atoms with Crippen LogP contribution in [0.4, 0.5) is 4.39 Å². The zero-order valence-electron chi connectivity index (χ0n) is 20.3. The van der Waals surface area contributed by atoms with Gasteiger partial charge in [0, 0.05) is 44.2 Å². The van der Waals surface area contributed by atoms with Crippen molar-refractivity contribution >= 4 is 5.91 Å². The fraction of sp³-hybridized carbons (Fsp3) is 0.536. The van der Waals surface area contributed by atoms with Gasteiger partial charge in [0.1, 0.15) is 11.6 Å². The first-order valence-corrected chi connectivity index (χ1v) is 12.7. The zero-order valence-corrected chi connectivity index (χ0v) is 20.3. The number of ether oxygens (including phenoxy) is 1. The fourth-order valence-corrected chi connectivity index (χ4v) is 5.35. The summed E-state index contributed by atoms with van der Waals surface area (Å²) in [6, 6.07) is 17.3. The molecule has 6 heteroatoms. The first-order valence-electron chi connectivity index (χ1n) is 12.7. The summed E-state index contributed by atoms with van der Waals surface area (Å²) in [5.41, 5.74) is 1.31. The Morgan fingerprint density at radius 3 is 2.76 bits per heavy atom. The Kier molecular flexibility index (Phi) is 8.94. The molecule has 3 atom stereocenters. The van der Waals surface area contributed by atoms with E-state index in [0.717, 1.165) is 52.0 Å². The number of nitrogens with zero attached hydrogens (tertiary/aromatic N) is 2. The average Bonchev–Trinajstić information content (AvgIpc) is 3.26. The summed E-state index contributed by atoms with van der Waals surface area (Å²) >= 11 is 0. The highest BCUT2D eigenvalue weighted by Gasteiger charge is 2.32. The molecule has 1 N–H and O–H groups in total. The normalized spacial score (nSPS) is 23.6. The van der Waals surface area contributed by atoms with Crippen molar-refractivity contribution in [1.82, 2.24) is 15.1 Å². The molecular formula is C28H38FN3O2. The molecule has 0 saturated carbocycles. The van der Waals surface area contributed by atoms with Crippen molar-refractivity contribution in [2.24, 2.45) is 11.8 Å². The third kappa shape index (κ3) is 7.28. The van der Waals surface area contributed by atoms with E-state index in [1.165, 1.54) is 30.5 Å². The van der Waals surface area contributed by atoms with Crippen molar-refractivity contribution in [1.29, 1.82) is 0 Å². The van der Waals surface area contributed by atoms with Gasteiger partial charge >= 0.3 is 0 Å². The van der Waals surface area contributed by atoms with E-state index in [9.17, 15) is 9.18 Å². The molecule has 2 heterocycles. The number of likely N-dealkylation sites (tertiary alicyclic amines) is 2. The number of carbonyl (C=O) groups excluding carboxylic acids is 1. The maximum absolute atomic E-state index is 13.5. The van der Waals surface area contributed by atoms with Crippen LogP contribution >= 0.6 is 0 Å². The fourth-order valence-electron chi connectivity index (χ4n) is 5.35. The van der Waals surface area contributed by atoms with Crippen molar-refractivity contribution in [3.63, 3.8) is 0 Å². The van der Waals surface area contributed by atoms with E-state index < -0.39 is 0 Å². The number of piperidine rings is 1. The highest BCUT2D eigenvalue weighted by molar-refractivity contribution is 5.79. The van der Waals surface area contributed by atoms with Crippen molar-refractivity contribution in [2.45, 2.75) is 38.1 Å². The lowest BCUT2D eigenvalue weighted by Crippen LogP contribution is -2.48. The van der Waals surface area contributed by atoms with Crippen LogP contribution in [0.3, 0.4) is 0 Å². The van der Waals surface area contributed by atoms with Crippen molar-refractivity contribution < 1.29 is 13.9 Å². The van der Waals surface area contributed by atoms with Crippen molar-refractivity contribution in [2.75, 3.05) is 46.4 Å². The summed E-state index contributed by atoms with van der Waals surface area (Å²) in [6.07, 6.45) is 5.25. The minimum absolute atomic E-state index is 0.0491. The summed E-state index contributed by atoms with van der Waals surface area (Å²) in [7, 11) is 2.18. The largest absolute Gasteiger partial charge is 0.493 e. The van der Waals surface area contributed by atoms with E-state index in [1.807, 2.05) is 6.07 Å². The molecule has 0 aromatic heterocycles. The number of amides is 1. The van der Waals surface area contributed by atoms with Gasteiger partial charge in [-0.25, -0.2) is 4.39 Å². The molecule has 2 aliphatic rings. The van der Waals surface area contributed by atoms with Gasteiger partial charge in [-0.2, -0.15) is 0 Å². The van der Waals surface area contributed by atoms with Gasteiger partial charge in [0.05, 0.1) is 12.5 Å². The summed E-state index contributed by atoms with van der Waals surface area (Å²) in [6.45, 7) is 4.96. The van der Waals surface area contributed by atoms with E-state index in [4.69, 9.17) is 4.74 Å². The molecule has 184 valence electrons. The SMILES string of the molecule is CN1CCCC1CCNC(=O)[C@@H]1C[C@H](COc2cccc(F)c2)CN(CCc2ccccc2)C1. The molecule has 2 aromatic carbocycles. The monoisotopic (exact) mass is 467 g/mol. The average molecular weight is 468 g/mol. The molecule has 2 aromatic rings. The standard InChI is InChI=1S/C28H38FN3O2/c1-31-15-6-10-26(31)12-14-30-28(33)24-17-23(21-34-27-11-5-9-25(29)18-27)19-32(20-24)16-13-22-7-3-2-4-8-22/h2-5,7-9,11,18,23-24,26H,6,10,12-17,19-21H2,1H3,(H,30,33)/t23-,24+,26?/m0/s1. The second-order valence-corrected chi connectivity index (χ2v) is 9.92. The van der Waals surface area contributed by atoms with Crippen LogP contribution in [0.5, 0.6) is 5.75 Å². The molecule has 5 nitrogen and oxygen atoms in total. The van der Waals surface area contributed by atoms with Crippen LogP contribution in [0.1, 0.15) is 31.2 Å². The van der Waals surface area contributed by atoms with E-state index in [2.05, 4.69) is 46.4 Å². The van der Waals surface area contributed by atoms with Crippen LogP contribution in [0.15, 0.2) is 54.6 Å². The Morgan fingerprint density at radius 2 is 2.00 bits per heavy atom. The second-order valence-electron chi connectivity index (χ2n) is 9.92. The quantitative estimate of drug-likeness (QED) is 0.574. The molecule has 2 fully saturated rings. The topological polar surface area (TPSA) is 44.8 Å². The van der Waals surface area contributed by atoms with Crippen LogP contribution in [0, 0.1) is 17.7 Å². The van der Waals surface area contributed by atoms with E-state index in [0.29, 0.717) is 18.4 Å².